The van der Waals surface area contributed by atoms with Gasteiger partial charge in [-0.2, -0.15) is 11.8 Å². The zero-order valence-corrected chi connectivity index (χ0v) is 12.1. The van der Waals surface area contributed by atoms with Crippen LogP contribution in [0.1, 0.15) is 33.1 Å². The first-order valence-electron chi connectivity index (χ1n) is 6.47. The van der Waals surface area contributed by atoms with Crippen LogP contribution in [0.15, 0.2) is 0 Å². The Balaban J connectivity index is 2.30. The molecule has 104 valence electrons. The molecule has 1 fully saturated rings. The molecule has 0 aliphatic heterocycles. The molecule has 0 saturated heterocycles. The van der Waals surface area contributed by atoms with Gasteiger partial charge in [0.1, 0.15) is 0 Å². The number of amides is 3. The molecule has 0 radical (unpaired) electrons. The highest BCUT2D eigenvalue weighted by Gasteiger charge is 2.27. The van der Waals surface area contributed by atoms with Crippen LogP contribution in [0.3, 0.4) is 0 Å². The van der Waals surface area contributed by atoms with Crippen molar-refractivity contribution >= 4 is 23.7 Å². The fourth-order valence-corrected chi connectivity index (χ4v) is 3.33. The molecule has 1 aliphatic rings. The predicted octanol–water partition coefficient (Wildman–Crippen LogP) is 1.09. The van der Waals surface area contributed by atoms with Gasteiger partial charge in [-0.15, -0.1) is 0 Å². The number of hydrogen-bond acceptors (Lipinski definition) is 4. The summed E-state index contributed by atoms with van der Waals surface area (Å²) in [7, 11) is 1.49. The standard InChI is InChI=1S/C12H23N3O2S/c1-4-18-10-6-5-9(7-10)14-8(2)11(16)15-12(17)13-3/h8-10,14H,4-7H2,1-3H3,(H2,13,15,16,17). The van der Waals surface area contributed by atoms with E-state index in [4.69, 9.17) is 0 Å². The van der Waals surface area contributed by atoms with Crippen molar-refractivity contribution in [3.63, 3.8) is 0 Å². The van der Waals surface area contributed by atoms with Gasteiger partial charge in [-0.05, 0) is 31.9 Å². The van der Waals surface area contributed by atoms with E-state index in [-0.39, 0.29) is 11.9 Å². The summed E-state index contributed by atoms with van der Waals surface area (Å²) in [5.41, 5.74) is 0. The Morgan fingerprint density at radius 3 is 2.72 bits per heavy atom. The Kier molecular flexibility index (Phi) is 6.49. The first-order valence-corrected chi connectivity index (χ1v) is 7.51. The Morgan fingerprint density at radius 1 is 1.39 bits per heavy atom. The molecule has 6 heteroatoms. The molecule has 0 aromatic heterocycles. The highest BCUT2D eigenvalue weighted by atomic mass is 32.2. The van der Waals surface area contributed by atoms with E-state index in [0.29, 0.717) is 11.3 Å². The molecule has 5 nitrogen and oxygen atoms in total. The van der Waals surface area contributed by atoms with Crippen molar-refractivity contribution in [2.24, 2.45) is 0 Å². The minimum absolute atomic E-state index is 0.277. The lowest BCUT2D eigenvalue weighted by Gasteiger charge is -2.18. The first-order chi connectivity index (χ1) is 8.56. The van der Waals surface area contributed by atoms with Gasteiger partial charge in [0.25, 0.3) is 0 Å². The zero-order valence-electron chi connectivity index (χ0n) is 11.3. The number of thioether (sulfide) groups is 1. The van der Waals surface area contributed by atoms with E-state index in [1.54, 1.807) is 6.92 Å². The number of nitrogens with one attached hydrogen (secondary N) is 3. The number of imide groups is 1. The second-order valence-electron chi connectivity index (χ2n) is 4.54. The molecule has 0 aromatic carbocycles. The number of carbonyl (C=O) groups is 2. The van der Waals surface area contributed by atoms with Gasteiger partial charge in [-0.25, -0.2) is 4.79 Å². The van der Waals surface area contributed by atoms with Crippen molar-refractivity contribution < 1.29 is 9.59 Å². The second-order valence-corrected chi connectivity index (χ2v) is 6.12. The van der Waals surface area contributed by atoms with Crippen LogP contribution in [0.4, 0.5) is 4.79 Å². The average molecular weight is 273 g/mol. The van der Waals surface area contributed by atoms with Gasteiger partial charge in [-0.3, -0.25) is 10.1 Å². The number of rotatable bonds is 5. The van der Waals surface area contributed by atoms with Gasteiger partial charge in [-0.1, -0.05) is 6.92 Å². The molecule has 0 heterocycles. The van der Waals surface area contributed by atoms with Crippen LogP contribution >= 0.6 is 11.8 Å². The van der Waals surface area contributed by atoms with E-state index in [2.05, 4.69) is 22.9 Å². The minimum atomic E-state index is -0.459. The van der Waals surface area contributed by atoms with Gasteiger partial charge in [0.15, 0.2) is 0 Å². The molecular weight excluding hydrogens is 250 g/mol. The molecule has 3 N–H and O–H groups in total. The number of urea groups is 1. The molecule has 3 atom stereocenters. The third-order valence-electron chi connectivity index (χ3n) is 3.13. The summed E-state index contributed by atoms with van der Waals surface area (Å²) in [4.78, 5) is 22.7. The van der Waals surface area contributed by atoms with Gasteiger partial charge >= 0.3 is 6.03 Å². The maximum Gasteiger partial charge on any atom is 0.321 e. The zero-order chi connectivity index (χ0) is 13.5. The summed E-state index contributed by atoms with van der Waals surface area (Å²) in [6, 6.07) is -0.406. The lowest BCUT2D eigenvalue weighted by Crippen LogP contribution is -2.49. The molecule has 1 rings (SSSR count). The van der Waals surface area contributed by atoms with Gasteiger partial charge in [0, 0.05) is 18.3 Å². The minimum Gasteiger partial charge on any atom is -0.341 e. The largest absolute Gasteiger partial charge is 0.341 e. The molecule has 3 unspecified atom stereocenters. The Morgan fingerprint density at radius 2 is 2.11 bits per heavy atom. The Bertz CT molecular complexity index is 299. The summed E-state index contributed by atoms with van der Waals surface area (Å²) in [6.07, 6.45) is 3.42. The molecule has 0 aromatic rings. The van der Waals surface area contributed by atoms with E-state index in [1.165, 1.54) is 13.5 Å². The Hall–Kier alpha value is -0.750. The van der Waals surface area contributed by atoms with Crippen LogP contribution in [0.2, 0.25) is 0 Å². The van der Waals surface area contributed by atoms with E-state index in [1.807, 2.05) is 11.8 Å². The molecule has 0 spiro atoms. The summed E-state index contributed by atoms with van der Waals surface area (Å²) in [5.74, 6) is 0.866. The normalized spacial score (nSPS) is 24.6. The van der Waals surface area contributed by atoms with Crippen LogP contribution in [-0.2, 0) is 4.79 Å². The molecule has 1 saturated carbocycles. The lowest BCUT2D eigenvalue weighted by atomic mass is 10.2. The third kappa shape index (κ3) is 4.86. The molecule has 1 aliphatic carbocycles. The van der Waals surface area contributed by atoms with Crippen LogP contribution in [0.25, 0.3) is 0 Å². The maximum absolute atomic E-state index is 11.7. The lowest BCUT2D eigenvalue weighted by molar-refractivity contribution is -0.121. The number of carbonyl (C=O) groups excluding carboxylic acids is 2. The smallest absolute Gasteiger partial charge is 0.321 e. The predicted molar refractivity (Wildman–Crippen MR) is 74.8 cm³/mol. The molecule has 3 amide bonds. The van der Waals surface area contributed by atoms with E-state index >= 15 is 0 Å². The first kappa shape index (κ1) is 15.3. The topological polar surface area (TPSA) is 70.2 Å². The van der Waals surface area contributed by atoms with Crippen molar-refractivity contribution in [2.75, 3.05) is 12.8 Å². The van der Waals surface area contributed by atoms with E-state index in [0.717, 1.165) is 18.6 Å². The molecular formula is C12H23N3O2S. The summed E-state index contributed by atoms with van der Waals surface area (Å²) >= 11 is 1.99. The van der Waals surface area contributed by atoms with E-state index < -0.39 is 6.03 Å². The third-order valence-corrected chi connectivity index (χ3v) is 4.36. The second kappa shape index (κ2) is 7.63. The molecule has 18 heavy (non-hydrogen) atoms. The van der Waals surface area contributed by atoms with Crippen molar-refractivity contribution in [1.82, 2.24) is 16.0 Å². The summed E-state index contributed by atoms with van der Waals surface area (Å²) in [5, 5.41) is 8.65. The quantitative estimate of drug-likeness (QED) is 0.701. The SMILES string of the molecule is CCSC1CCC(NC(C)C(=O)NC(=O)NC)C1. The number of hydrogen-bond donors (Lipinski definition) is 3. The van der Waals surface area contributed by atoms with Crippen molar-refractivity contribution in [3.05, 3.63) is 0 Å². The monoisotopic (exact) mass is 273 g/mol. The van der Waals surface area contributed by atoms with Crippen LogP contribution in [0.5, 0.6) is 0 Å². The van der Waals surface area contributed by atoms with Crippen LogP contribution in [0, 0.1) is 0 Å². The van der Waals surface area contributed by atoms with Crippen LogP contribution < -0.4 is 16.0 Å². The highest BCUT2D eigenvalue weighted by Crippen LogP contribution is 2.29. The average Bonchev–Trinajstić information content (AvgIpc) is 2.76. The highest BCUT2D eigenvalue weighted by molar-refractivity contribution is 7.99. The van der Waals surface area contributed by atoms with Crippen molar-refractivity contribution in [2.45, 2.75) is 50.4 Å². The summed E-state index contributed by atoms with van der Waals surface area (Å²) in [6.45, 7) is 3.96. The van der Waals surface area contributed by atoms with Crippen molar-refractivity contribution in [3.8, 4) is 0 Å². The fourth-order valence-electron chi connectivity index (χ4n) is 2.19. The van der Waals surface area contributed by atoms with Gasteiger partial charge < -0.3 is 10.6 Å². The fraction of sp³-hybridized carbons (Fsp3) is 0.833. The van der Waals surface area contributed by atoms with Gasteiger partial charge in [0.2, 0.25) is 5.91 Å². The van der Waals surface area contributed by atoms with E-state index in [9.17, 15) is 9.59 Å². The van der Waals surface area contributed by atoms with Gasteiger partial charge in [0.05, 0.1) is 6.04 Å². The maximum atomic E-state index is 11.7. The van der Waals surface area contributed by atoms with Crippen molar-refractivity contribution in [1.29, 1.82) is 0 Å². The summed E-state index contributed by atoms with van der Waals surface area (Å²) < 4.78 is 0. The Labute approximate surface area is 113 Å². The van der Waals surface area contributed by atoms with Crippen LogP contribution in [-0.4, -0.2) is 42.1 Å². The molecule has 0 bridgehead atoms.